The Balaban J connectivity index is 4.82. The minimum Gasteiger partial charge on any atom is -0.345 e. The summed E-state index contributed by atoms with van der Waals surface area (Å²) < 4.78 is 0. The van der Waals surface area contributed by atoms with Crippen molar-refractivity contribution in [3.63, 3.8) is 0 Å². The van der Waals surface area contributed by atoms with E-state index in [0.717, 1.165) is 0 Å². The van der Waals surface area contributed by atoms with Crippen molar-refractivity contribution in [3.05, 3.63) is 0 Å². The van der Waals surface area contributed by atoms with Gasteiger partial charge < -0.3 is 5.32 Å². The molecule has 4 heteroatoms. The average molecular weight is 256 g/mol. The fourth-order valence-electron chi connectivity index (χ4n) is 2.21. The molecule has 0 unspecified atom stereocenters. The van der Waals surface area contributed by atoms with Gasteiger partial charge in [0.05, 0.1) is 12.1 Å². The van der Waals surface area contributed by atoms with Crippen LogP contribution < -0.4 is 5.32 Å². The largest absolute Gasteiger partial charge is 0.345 e. The van der Waals surface area contributed by atoms with E-state index >= 15 is 0 Å². The number of carbonyl (C=O) groups excluding carboxylic acids is 2. The Kier molecular flexibility index (Phi) is 7.14. The molecular formula is C14H28N2O2. The normalized spacial score (nSPS) is 15.0. The Hall–Kier alpha value is -0.900. The van der Waals surface area contributed by atoms with Crippen molar-refractivity contribution >= 4 is 11.7 Å². The van der Waals surface area contributed by atoms with Gasteiger partial charge in [-0.15, -0.1) is 0 Å². The van der Waals surface area contributed by atoms with E-state index in [0.29, 0.717) is 6.42 Å². The van der Waals surface area contributed by atoms with Crippen LogP contribution in [0.5, 0.6) is 0 Å². The lowest BCUT2D eigenvalue weighted by Gasteiger charge is -2.30. The zero-order valence-corrected chi connectivity index (χ0v) is 12.8. The van der Waals surface area contributed by atoms with Crippen molar-refractivity contribution in [1.29, 1.82) is 0 Å². The molecule has 0 saturated carbocycles. The zero-order chi connectivity index (χ0) is 14.5. The van der Waals surface area contributed by atoms with Crippen molar-refractivity contribution < 1.29 is 9.59 Å². The summed E-state index contributed by atoms with van der Waals surface area (Å²) in [6.45, 7) is 9.76. The molecule has 1 amide bonds. The number of likely N-dealkylation sites (N-methyl/N-ethyl adjacent to an activating group) is 1. The molecule has 0 fully saturated rings. The number of carbonyl (C=O) groups is 2. The number of rotatable bonds is 7. The second kappa shape index (κ2) is 7.52. The third-order valence-electron chi connectivity index (χ3n) is 3.12. The summed E-state index contributed by atoms with van der Waals surface area (Å²) in [5, 5.41) is 2.90. The van der Waals surface area contributed by atoms with E-state index in [-0.39, 0.29) is 35.6 Å². The molecule has 18 heavy (non-hydrogen) atoms. The Bertz CT molecular complexity index is 278. The van der Waals surface area contributed by atoms with Gasteiger partial charge in [0.1, 0.15) is 0 Å². The van der Waals surface area contributed by atoms with Gasteiger partial charge in [0, 0.05) is 6.42 Å². The maximum atomic E-state index is 12.3. The molecule has 0 aliphatic heterocycles. The number of hydrogen-bond donors (Lipinski definition) is 1. The summed E-state index contributed by atoms with van der Waals surface area (Å²) in [5.74, 6) is 0.371. The van der Waals surface area contributed by atoms with Crippen LogP contribution in [0, 0.1) is 11.8 Å². The van der Waals surface area contributed by atoms with E-state index in [1.807, 2.05) is 53.6 Å². The Labute approximate surface area is 111 Å². The van der Waals surface area contributed by atoms with Crippen LogP contribution in [-0.2, 0) is 9.59 Å². The number of nitrogens with zero attached hydrogens (tertiary/aromatic N) is 1. The van der Waals surface area contributed by atoms with Crippen LogP contribution in [0.4, 0.5) is 0 Å². The average Bonchev–Trinajstić information content (AvgIpc) is 2.23. The van der Waals surface area contributed by atoms with E-state index in [1.54, 1.807) is 0 Å². The summed E-state index contributed by atoms with van der Waals surface area (Å²) in [4.78, 5) is 26.0. The SMILES string of the molecule is CCC(=O)[C@@H](NC(=O)[C@H](C(C)C)N(C)C)C(C)C. The van der Waals surface area contributed by atoms with Gasteiger partial charge in [-0.2, -0.15) is 0 Å². The molecule has 106 valence electrons. The van der Waals surface area contributed by atoms with Crippen molar-refractivity contribution in [2.45, 2.75) is 53.1 Å². The highest BCUT2D eigenvalue weighted by molar-refractivity contribution is 5.91. The summed E-state index contributed by atoms with van der Waals surface area (Å²) in [6, 6.07) is -0.570. The molecule has 0 aliphatic carbocycles. The topological polar surface area (TPSA) is 49.4 Å². The number of amides is 1. The van der Waals surface area contributed by atoms with E-state index in [4.69, 9.17) is 0 Å². The molecule has 0 spiro atoms. The molecule has 0 aromatic carbocycles. The Morgan fingerprint density at radius 3 is 1.83 bits per heavy atom. The number of nitrogens with one attached hydrogen (secondary N) is 1. The fraction of sp³-hybridized carbons (Fsp3) is 0.857. The summed E-state index contributed by atoms with van der Waals surface area (Å²) in [6.07, 6.45) is 0.456. The van der Waals surface area contributed by atoms with Crippen LogP contribution in [-0.4, -0.2) is 42.8 Å². The highest BCUT2D eigenvalue weighted by Gasteiger charge is 2.29. The number of ketones is 1. The molecule has 2 atom stereocenters. The van der Waals surface area contributed by atoms with Crippen LogP contribution >= 0.6 is 0 Å². The minimum atomic E-state index is -0.372. The molecule has 1 N–H and O–H groups in total. The van der Waals surface area contributed by atoms with Gasteiger partial charge in [-0.3, -0.25) is 14.5 Å². The lowest BCUT2D eigenvalue weighted by Crippen LogP contribution is -2.53. The van der Waals surface area contributed by atoms with Gasteiger partial charge in [-0.25, -0.2) is 0 Å². The molecule has 0 heterocycles. The molecule has 0 radical (unpaired) electrons. The van der Waals surface area contributed by atoms with Crippen LogP contribution in [0.2, 0.25) is 0 Å². The molecular weight excluding hydrogens is 228 g/mol. The second-order valence-corrected chi connectivity index (χ2v) is 5.70. The van der Waals surface area contributed by atoms with E-state index in [9.17, 15) is 9.59 Å². The van der Waals surface area contributed by atoms with Crippen LogP contribution in [0.3, 0.4) is 0 Å². The standard InChI is InChI=1S/C14H28N2O2/c1-8-11(17)12(9(2)3)15-14(18)13(10(4)5)16(6)7/h9-10,12-13H,8H2,1-7H3,(H,15,18)/t12-,13-/m0/s1. The molecule has 0 aromatic heterocycles. The second-order valence-electron chi connectivity index (χ2n) is 5.70. The maximum absolute atomic E-state index is 12.3. The van der Waals surface area contributed by atoms with Crippen molar-refractivity contribution in [1.82, 2.24) is 10.2 Å². The Morgan fingerprint density at radius 1 is 1.06 bits per heavy atom. The predicted molar refractivity (Wildman–Crippen MR) is 74.4 cm³/mol. The van der Waals surface area contributed by atoms with Crippen molar-refractivity contribution in [2.24, 2.45) is 11.8 Å². The molecule has 0 aliphatic rings. The summed E-state index contributed by atoms with van der Waals surface area (Å²) in [5.41, 5.74) is 0. The minimum absolute atomic E-state index is 0.0597. The first-order valence-electron chi connectivity index (χ1n) is 6.71. The smallest absolute Gasteiger partial charge is 0.238 e. The molecule has 0 aromatic rings. The third kappa shape index (κ3) is 4.77. The fourth-order valence-corrected chi connectivity index (χ4v) is 2.21. The van der Waals surface area contributed by atoms with E-state index in [2.05, 4.69) is 5.32 Å². The first kappa shape index (κ1) is 17.1. The quantitative estimate of drug-likeness (QED) is 0.754. The van der Waals surface area contributed by atoms with E-state index < -0.39 is 0 Å². The van der Waals surface area contributed by atoms with Crippen LogP contribution in [0.15, 0.2) is 0 Å². The van der Waals surface area contributed by atoms with Crippen LogP contribution in [0.25, 0.3) is 0 Å². The van der Waals surface area contributed by atoms with Gasteiger partial charge in [-0.05, 0) is 25.9 Å². The molecule has 0 bridgehead atoms. The van der Waals surface area contributed by atoms with Gasteiger partial charge in [-0.1, -0.05) is 34.6 Å². The summed E-state index contributed by atoms with van der Waals surface area (Å²) >= 11 is 0. The highest BCUT2D eigenvalue weighted by atomic mass is 16.2. The third-order valence-corrected chi connectivity index (χ3v) is 3.12. The number of hydrogen-bond acceptors (Lipinski definition) is 3. The van der Waals surface area contributed by atoms with Gasteiger partial charge in [0.2, 0.25) is 5.91 Å². The lowest BCUT2D eigenvalue weighted by molar-refractivity contribution is -0.132. The first-order chi connectivity index (χ1) is 8.22. The van der Waals surface area contributed by atoms with Gasteiger partial charge in [0.15, 0.2) is 5.78 Å². The predicted octanol–water partition coefficient (Wildman–Crippen LogP) is 1.69. The highest BCUT2D eigenvalue weighted by Crippen LogP contribution is 2.11. The zero-order valence-electron chi connectivity index (χ0n) is 12.8. The van der Waals surface area contributed by atoms with Crippen molar-refractivity contribution in [2.75, 3.05) is 14.1 Å². The molecule has 4 nitrogen and oxygen atoms in total. The van der Waals surface area contributed by atoms with Gasteiger partial charge >= 0.3 is 0 Å². The lowest BCUT2D eigenvalue weighted by atomic mass is 9.96. The number of Topliss-reactive ketones (excluding diaryl/α,β-unsaturated/α-hetero) is 1. The van der Waals surface area contributed by atoms with E-state index in [1.165, 1.54) is 0 Å². The summed E-state index contributed by atoms with van der Waals surface area (Å²) in [7, 11) is 3.77. The molecule has 0 saturated heterocycles. The van der Waals surface area contributed by atoms with Crippen LogP contribution in [0.1, 0.15) is 41.0 Å². The molecule has 0 rings (SSSR count). The maximum Gasteiger partial charge on any atom is 0.238 e. The van der Waals surface area contributed by atoms with Crippen molar-refractivity contribution in [3.8, 4) is 0 Å². The Morgan fingerprint density at radius 2 is 1.56 bits per heavy atom. The first-order valence-corrected chi connectivity index (χ1v) is 6.71. The van der Waals surface area contributed by atoms with Gasteiger partial charge in [0.25, 0.3) is 0 Å². The monoisotopic (exact) mass is 256 g/mol.